The summed E-state index contributed by atoms with van der Waals surface area (Å²) < 4.78 is 5.31. The van der Waals surface area contributed by atoms with E-state index < -0.39 is 0 Å². The summed E-state index contributed by atoms with van der Waals surface area (Å²) in [6, 6.07) is 10.6. The maximum Gasteiger partial charge on any atom is 0.317 e. The van der Waals surface area contributed by atoms with Gasteiger partial charge in [0, 0.05) is 33.6 Å². The van der Waals surface area contributed by atoms with E-state index in [1.807, 2.05) is 0 Å². The molecule has 1 fully saturated rings. The topological polar surface area (TPSA) is 74.5 Å². The summed E-state index contributed by atoms with van der Waals surface area (Å²) >= 11 is 0. The third-order valence-electron chi connectivity index (χ3n) is 4.77. The second-order valence-corrected chi connectivity index (χ2v) is 6.85. The summed E-state index contributed by atoms with van der Waals surface area (Å²) in [4.78, 5) is 16.2. The van der Waals surface area contributed by atoms with Crippen LogP contribution in [0.1, 0.15) is 36.1 Å². The molecule has 0 aliphatic carbocycles. The van der Waals surface area contributed by atoms with Crippen LogP contribution in [-0.2, 0) is 6.54 Å². The monoisotopic (exact) mass is 357 g/mol. The van der Waals surface area contributed by atoms with E-state index in [2.05, 4.69) is 50.7 Å². The summed E-state index contributed by atoms with van der Waals surface area (Å²) in [5, 5.41) is 10.7. The van der Waals surface area contributed by atoms with E-state index >= 15 is 0 Å². The number of hydrogen-bond donors (Lipinski definition) is 1. The Morgan fingerprint density at radius 3 is 2.88 bits per heavy atom. The average molecular weight is 357 g/mol. The molecule has 26 heavy (non-hydrogen) atoms. The highest BCUT2D eigenvalue weighted by Gasteiger charge is 2.21. The number of piperidine rings is 1. The quantitative estimate of drug-likeness (QED) is 0.859. The second kappa shape index (κ2) is 8.80. The molecule has 0 unspecified atom stereocenters. The molecule has 0 spiro atoms. The Balaban J connectivity index is 1.40. The lowest BCUT2D eigenvalue weighted by Crippen LogP contribution is -2.43. The fourth-order valence-corrected chi connectivity index (χ4v) is 3.39. The summed E-state index contributed by atoms with van der Waals surface area (Å²) in [6.45, 7) is 5.69. The van der Waals surface area contributed by atoms with Crippen molar-refractivity contribution in [1.29, 1.82) is 0 Å². The Labute approximate surface area is 154 Å². The smallest absolute Gasteiger partial charge is 0.317 e. The van der Waals surface area contributed by atoms with Crippen LogP contribution >= 0.6 is 0 Å². The predicted molar refractivity (Wildman–Crippen MR) is 98.8 cm³/mol. The number of benzene rings is 1. The lowest BCUT2D eigenvalue weighted by molar-refractivity contribution is 0.189. The zero-order valence-corrected chi connectivity index (χ0v) is 15.5. The largest absolute Gasteiger partial charge is 0.424 e. The number of amides is 2. The first-order chi connectivity index (χ1) is 12.6. The van der Waals surface area contributed by atoms with Gasteiger partial charge in [0.25, 0.3) is 0 Å². The van der Waals surface area contributed by atoms with Gasteiger partial charge in [-0.2, -0.15) is 0 Å². The van der Waals surface area contributed by atoms with Crippen LogP contribution in [0.5, 0.6) is 0 Å². The molecule has 1 atom stereocenters. The van der Waals surface area contributed by atoms with Crippen molar-refractivity contribution in [2.24, 2.45) is 0 Å². The maximum atomic E-state index is 12.2. The minimum atomic E-state index is -0.127. The molecule has 3 rings (SSSR count). The van der Waals surface area contributed by atoms with E-state index in [9.17, 15) is 4.79 Å². The molecular formula is C19H27N5O2. The minimum absolute atomic E-state index is 0.127. The SMILES string of the molecule is Cc1nnc(CN(C)C(=O)NCCN2CCC[C@H](c3ccccc3)C2)o1. The van der Waals surface area contributed by atoms with Gasteiger partial charge >= 0.3 is 6.03 Å². The van der Waals surface area contributed by atoms with Crippen molar-refractivity contribution in [1.82, 2.24) is 25.3 Å². The molecule has 1 aromatic carbocycles. The molecule has 1 N–H and O–H groups in total. The van der Waals surface area contributed by atoms with Crippen LogP contribution in [0.3, 0.4) is 0 Å². The Morgan fingerprint density at radius 1 is 1.35 bits per heavy atom. The van der Waals surface area contributed by atoms with E-state index in [1.165, 1.54) is 18.4 Å². The maximum absolute atomic E-state index is 12.2. The van der Waals surface area contributed by atoms with Crippen LogP contribution in [0.25, 0.3) is 0 Å². The lowest BCUT2D eigenvalue weighted by Gasteiger charge is -2.33. The van der Waals surface area contributed by atoms with Crippen LogP contribution < -0.4 is 5.32 Å². The van der Waals surface area contributed by atoms with Gasteiger partial charge in [-0.3, -0.25) is 0 Å². The van der Waals surface area contributed by atoms with Gasteiger partial charge in [-0.25, -0.2) is 4.79 Å². The molecule has 2 amide bonds. The number of nitrogens with one attached hydrogen (secondary N) is 1. The number of aryl methyl sites for hydroxylation is 1. The van der Waals surface area contributed by atoms with Crippen LogP contribution in [0.15, 0.2) is 34.7 Å². The fraction of sp³-hybridized carbons (Fsp3) is 0.526. The minimum Gasteiger partial charge on any atom is -0.424 e. The third-order valence-corrected chi connectivity index (χ3v) is 4.77. The fourth-order valence-electron chi connectivity index (χ4n) is 3.39. The van der Waals surface area contributed by atoms with Crippen LogP contribution in [0.2, 0.25) is 0 Å². The highest BCUT2D eigenvalue weighted by molar-refractivity contribution is 5.73. The lowest BCUT2D eigenvalue weighted by atomic mass is 9.91. The van der Waals surface area contributed by atoms with Crippen LogP contribution in [0, 0.1) is 6.92 Å². The van der Waals surface area contributed by atoms with Crippen molar-refractivity contribution < 1.29 is 9.21 Å². The number of carbonyl (C=O) groups is 1. The number of urea groups is 1. The Kier molecular flexibility index (Phi) is 6.22. The van der Waals surface area contributed by atoms with Crippen LogP contribution in [-0.4, -0.2) is 59.3 Å². The number of rotatable bonds is 6. The number of carbonyl (C=O) groups excluding carboxylic acids is 1. The normalized spacial score (nSPS) is 17.8. The number of aromatic nitrogens is 2. The van der Waals surface area contributed by atoms with Crippen molar-refractivity contribution in [2.75, 3.05) is 33.2 Å². The van der Waals surface area contributed by atoms with Crippen LogP contribution in [0.4, 0.5) is 4.79 Å². The van der Waals surface area contributed by atoms with Gasteiger partial charge in [0.05, 0.1) is 0 Å². The van der Waals surface area contributed by atoms with E-state index in [-0.39, 0.29) is 6.03 Å². The van der Waals surface area contributed by atoms with Gasteiger partial charge in [0.1, 0.15) is 6.54 Å². The van der Waals surface area contributed by atoms with Gasteiger partial charge in [-0.05, 0) is 30.9 Å². The molecule has 2 aromatic rings. The molecule has 0 bridgehead atoms. The molecule has 1 aliphatic heterocycles. The molecule has 0 radical (unpaired) electrons. The molecule has 7 heteroatoms. The van der Waals surface area contributed by atoms with Crippen molar-refractivity contribution in [3.05, 3.63) is 47.7 Å². The van der Waals surface area contributed by atoms with E-state index in [0.717, 1.165) is 19.6 Å². The Hall–Kier alpha value is -2.41. The molecular weight excluding hydrogens is 330 g/mol. The predicted octanol–water partition coefficient (Wildman–Crippen LogP) is 2.40. The van der Waals surface area contributed by atoms with Gasteiger partial charge in [0.2, 0.25) is 11.8 Å². The van der Waals surface area contributed by atoms with Gasteiger partial charge in [0.15, 0.2) is 0 Å². The van der Waals surface area contributed by atoms with Crippen molar-refractivity contribution in [3.8, 4) is 0 Å². The van der Waals surface area contributed by atoms with Crippen molar-refractivity contribution in [3.63, 3.8) is 0 Å². The highest BCUT2D eigenvalue weighted by Crippen LogP contribution is 2.26. The molecule has 7 nitrogen and oxygen atoms in total. The first kappa shape index (κ1) is 18.4. The zero-order chi connectivity index (χ0) is 18.4. The molecule has 1 aliphatic rings. The molecule has 0 saturated carbocycles. The zero-order valence-electron chi connectivity index (χ0n) is 15.5. The summed E-state index contributed by atoms with van der Waals surface area (Å²) in [5.41, 5.74) is 1.41. The third kappa shape index (κ3) is 5.05. The first-order valence-electron chi connectivity index (χ1n) is 9.17. The standard InChI is InChI=1S/C19H27N5O2/c1-15-21-22-18(26-15)14-23(2)19(25)20-10-12-24-11-6-9-17(13-24)16-7-4-3-5-8-16/h3-5,7-8,17H,6,9-14H2,1-2H3,(H,20,25)/t17-/m0/s1. The van der Waals surface area contributed by atoms with Crippen molar-refractivity contribution >= 4 is 6.03 Å². The molecule has 1 aromatic heterocycles. The Morgan fingerprint density at radius 2 is 2.15 bits per heavy atom. The highest BCUT2D eigenvalue weighted by atomic mass is 16.4. The van der Waals surface area contributed by atoms with E-state index in [4.69, 9.17) is 4.42 Å². The first-order valence-corrected chi connectivity index (χ1v) is 9.17. The molecule has 1 saturated heterocycles. The molecule has 2 heterocycles. The summed E-state index contributed by atoms with van der Waals surface area (Å²) in [5.74, 6) is 1.54. The molecule has 140 valence electrons. The summed E-state index contributed by atoms with van der Waals surface area (Å²) in [6.07, 6.45) is 2.43. The van der Waals surface area contributed by atoms with E-state index in [1.54, 1.807) is 18.9 Å². The summed E-state index contributed by atoms with van der Waals surface area (Å²) in [7, 11) is 1.72. The van der Waals surface area contributed by atoms with E-state index in [0.29, 0.717) is 30.8 Å². The number of hydrogen-bond acceptors (Lipinski definition) is 5. The number of nitrogens with zero attached hydrogens (tertiary/aromatic N) is 4. The van der Waals surface area contributed by atoms with Crippen molar-refractivity contribution in [2.45, 2.75) is 32.2 Å². The van der Waals surface area contributed by atoms with Gasteiger partial charge in [-0.15, -0.1) is 10.2 Å². The van der Waals surface area contributed by atoms with Gasteiger partial charge < -0.3 is 19.5 Å². The van der Waals surface area contributed by atoms with Gasteiger partial charge in [-0.1, -0.05) is 30.3 Å². The Bertz CT molecular complexity index is 703. The number of likely N-dealkylation sites (tertiary alicyclic amines) is 1. The average Bonchev–Trinajstić information content (AvgIpc) is 3.07. The second-order valence-electron chi connectivity index (χ2n) is 6.85.